The lowest BCUT2D eigenvalue weighted by Crippen LogP contribution is -2.41. The third-order valence-corrected chi connectivity index (χ3v) is 6.73. The number of halogens is 2. The predicted molar refractivity (Wildman–Crippen MR) is 160 cm³/mol. The van der Waals surface area contributed by atoms with Gasteiger partial charge in [0.05, 0.1) is 18.3 Å². The number of benzene rings is 4. The summed E-state index contributed by atoms with van der Waals surface area (Å²) in [4.78, 5) is 25.9. The third kappa shape index (κ3) is 6.37. The standard InChI is InChI=1S/C33H28FN3O2.ClH/c34-28-21-26(19-20-27(28)29-17-10-18-30(38)37(29)22-23-11-4-1-5-12-23)36-33(39)32(35)31(24-13-6-2-7-14-24)25-15-8-3-9-16-25;/h1-21,31-32H,22,35H2,(H,36,39);1H. The van der Waals surface area contributed by atoms with Crippen LogP contribution in [0.25, 0.3) is 11.3 Å². The van der Waals surface area contributed by atoms with E-state index in [9.17, 15) is 9.59 Å². The fourth-order valence-corrected chi connectivity index (χ4v) is 4.79. The summed E-state index contributed by atoms with van der Waals surface area (Å²) in [5.74, 6) is -1.37. The van der Waals surface area contributed by atoms with Gasteiger partial charge in [-0.3, -0.25) is 9.59 Å². The minimum Gasteiger partial charge on any atom is -0.325 e. The number of rotatable bonds is 8. The Kier molecular flexibility index (Phi) is 9.27. The van der Waals surface area contributed by atoms with E-state index >= 15 is 4.39 Å². The lowest BCUT2D eigenvalue weighted by Gasteiger charge is -2.24. The molecule has 1 heterocycles. The van der Waals surface area contributed by atoms with Gasteiger partial charge in [0.2, 0.25) is 5.91 Å². The highest BCUT2D eigenvalue weighted by Gasteiger charge is 2.28. The molecule has 1 aromatic heterocycles. The summed E-state index contributed by atoms with van der Waals surface area (Å²) in [6, 6.07) is 37.0. The van der Waals surface area contributed by atoms with Gasteiger partial charge in [0, 0.05) is 23.2 Å². The normalized spacial score (nSPS) is 11.5. The molecular formula is C33H29ClFN3O2. The van der Waals surface area contributed by atoms with Crippen LogP contribution >= 0.6 is 12.4 Å². The summed E-state index contributed by atoms with van der Waals surface area (Å²) in [5.41, 5.74) is 10.0. The van der Waals surface area contributed by atoms with E-state index in [1.54, 1.807) is 24.3 Å². The van der Waals surface area contributed by atoms with Crippen LogP contribution in [0.3, 0.4) is 0 Å². The molecule has 1 amide bonds. The summed E-state index contributed by atoms with van der Waals surface area (Å²) in [5, 5.41) is 2.77. The first-order chi connectivity index (χ1) is 19.0. The Morgan fingerprint density at radius 3 is 1.93 bits per heavy atom. The van der Waals surface area contributed by atoms with Crippen molar-refractivity contribution < 1.29 is 9.18 Å². The maximum Gasteiger partial charge on any atom is 0.251 e. The maximum atomic E-state index is 15.4. The van der Waals surface area contributed by atoms with E-state index < -0.39 is 17.8 Å². The van der Waals surface area contributed by atoms with Crippen molar-refractivity contribution in [1.29, 1.82) is 0 Å². The molecule has 1 unspecified atom stereocenters. The van der Waals surface area contributed by atoms with E-state index in [2.05, 4.69) is 5.32 Å². The Bertz CT molecular complexity index is 1590. The quantitative estimate of drug-likeness (QED) is 0.239. The number of nitrogens with zero attached hydrogens (tertiary/aromatic N) is 1. The van der Waals surface area contributed by atoms with Crippen molar-refractivity contribution in [2.45, 2.75) is 18.5 Å². The Morgan fingerprint density at radius 2 is 1.35 bits per heavy atom. The summed E-state index contributed by atoms with van der Waals surface area (Å²) in [7, 11) is 0. The molecule has 1 atom stereocenters. The van der Waals surface area contributed by atoms with Gasteiger partial charge in [-0.15, -0.1) is 12.4 Å². The minimum absolute atomic E-state index is 0. The van der Waals surface area contributed by atoms with Gasteiger partial charge in [0.1, 0.15) is 5.82 Å². The van der Waals surface area contributed by atoms with Crippen molar-refractivity contribution in [3.63, 3.8) is 0 Å². The number of aromatic nitrogens is 1. The van der Waals surface area contributed by atoms with Crippen LogP contribution in [0.2, 0.25) is 0 Å². The van der Waals surface area contributed by atoms with E-state index in [1.807, 2.05) is 91.0 Å². The fourth-order valence-electron chi connectivity index (χ4n) is 4.79. The molecule has 4 aromatic carbocycles. The van der Waals surface area contributed by atoms with E-state index in [4.69, 9.17) is 5.73 Å². The van der Waals surface area contributed by atoms with E-state index in [-0.39, 0.29) is 35.1 Å². The lowest BCUT2D eigenvalue weighted by molar-refractivity contribution is -0.117. The number of nitrogens with two attached hydrogens (primary N) is 1. The van der Waals surface area contributed by atoms with Gasteiger partial charge >= 0.3 is 0 Å². The van der Waals surface area contributed by atoms with E-state index in [1.165, 1.54) is 16.7 Å². The van der Waals surface area contributed by atoms with Crippen molar-refractivity contribution in [2.75, 3.05) is 5.32 Å². The molecule has 3 N–H and O–H groups in total. The molecule has 5 aromatic rings. The summed E-state index contributed by atoms with van der Waals surface area (Å²) >= 11 is 0. The van der Waals surface area contributed by atoms with Crippen molar-refractivity contribution in [3.8, 4) is 11.3 Å². The Hall–Kier alpha value is -4.52. The summed E-state index contributed by atoms with van der Waals surface area (Å²) in [6.45, 7) is 0.309. The molecule has 5 nitrogen and oxygen atoms in total. The number of carbonyl (C=O) groups excluding carboxylic acids is 1. The molecule has 0 radical (unpaired) electrons. The molecule has 7 heteroatoms. The molecule has 0 saturated carbocycles. The molecule has 0 aliphatic carbocycles. The second-order valence-corrected chi connectivity index (χ2v) is 9.33. The van der Waals surface area contributed by atoms with Crippen molar-refractivity contribution in [1.82, 2.24) is 4.57 Å². The zero-order chi connectivity index (χ0) is 27.2. The van der Waals surface area contributed by atoms with E-state index in [0.29, 0.717) is 12.2 Å². The number of hydrogen-bond donors (Lipinski definition) is 2. The number of carbonyl (C=O) groups is 1. The van der Waals surface area contributed by atoms with Crippen LogP contribution in [-0.2, 0) is 11.3 Å². The molecule has 202 valence electrons. The lowest BCUT2D eigenvalue weighted by atomic mass is 9.85. The highest BCUT2D eigenvalue weighted by atomic mass is 35.5. The van der Waals surface area contributed by atoms with E-state index in [0.717, 1.165) is 16.7 Å². The van der Waals surface area contributed by atoms with Gasteiger partial charge in [0.25, 0.3) is 5.56 Å². The average molecular weight is 554 g/mol. The molecule has 0 saturated heterocycles. The highest BCUT2D eigenvalue weighted by molar-refractivity contribution is 5.96. The molecule has 0 spiro atoms. The first-order valence-corrected chi connectivity index (χ1v) is 12.7. The van der Waals surface area contributed by atoms with Crippen LogP contribution in [0.5, 0.6) is 0 Å². The molecule has 5 rings (SSSR count). The highest BCUT2D eigenvalue weighted by Crippen LogP contribution is 2.29. The van der Waals surface area contributed by atoms with Crippen LogP contribution in [0, 0.1) is 5.82 Å². The van der Waals surface area contributed by atoms with Gasteiger partial charge in [-0.25, -0.2) is 4.39 Å². The third-order valence-electron chi connectivity index (χ3n) is 6.73. The first kappa shape index (κ1) is 28.5. The van der Waals surface area contributed by atoms with Crippen LogP contribution in [-0.4, -0.2) is 16.5 Å². The van der Waals surface area contributed by atoms with Crippen LogP contribution in [0.15, 0.2) is 132 Å². The van der Waals surface area contributed by atoms with Gasteiger partial charge in [-0.1, -0.05) is 97.1 Å². The topological polar surface area (TPSA) is 77.1 Å². The monoisotopic (exact) mass is 553 g/mol. The fraction of sp³-hybridized carbons (Fsp3) is 0.0909. The zero-order valence-electron chi connectivity index (χ0n) is 21.6. The second-order valence-electron chi connectivity index (χ2n) is 9.33. The van der Waals surface area contributed by atoms with Crippen molar-refractivity contribution in [2.24, 2.45) is 5.73 Å². The predicted octanol–water partition coefficient (Wildman–Crippen LogP) is 6.22. The Balaban J connectivity index is 0.00000370. The summed E-state index contributed by atoms with van der Waals surface area (Å²) in [6.07, 6.45) is 0. The SMILES string of the molecule is Cl.NC(C(=O)Nc1ccc(-c2cccc(=O)n2Cc2ccccc2)c(F)c1)C(c1ccccc1)c1ccccc1. The number of anilines is 1. The molecule has 0 bridgehead atoms. The molecule has 0 aliphatic rings. The zero-order valence-corrected chi connectivity index (χ0v) is 22.4. The van der Waals surface area contributed by atoms with Gasteiger partial charge < -0.3 is 15.6 Å². The molecule has 0 fully saturated rings. The Morgan fingerprint density at radius 1 is 0.775 bits per heavy atom. The van der Waals surface area contributed by atoms with Crippen LogP contribution in [0.4, 0.5) is 10.1 Å². The summed E-state index contributed by atoms with van der Waals surface area (Å²) < 4.78 is 17.0. The van der Waals surface area contributed by atoms with Crippen LogP contribution in [0.1, 0.15) is 22.6 Å². The smallest absolute Gasteiger partial charge is 0.251 e. The minimum atomic E-state index is -0.914. The average Bonchev–Trinajstić information content (AvgIpc) is 2.96. The first-order valence-electron chi connectivity index (χ1n) is 12.7. The van der Waals surface area contributed by atoms with Crippen molar-refractivity contribution >= 4 is 24.0 Å². The van der Waals surface area contributed by atoms with Gasteiger partial charge in [-0.2, -0.15) is 0 Å². The maximum absolute atomic E-state index is 15.4. The number of hydrogen-bond acceptors (Lipinski definition) is 3. The van der Waals surface area contributed by atoms with Crippen LogP contribution < -0.4 is 16.6 Å². The van der Waals surface area contributed by atoms with Crippen molar-refractivity contribution in [3.05, 3.63) is 160 Å². The number of amides is 1. The van der Waals surface area contributed by atoms with Gasteiger partial charge in [-0.05, 0) is 41.0 Å². The molecule has 0 aliphatic heterocycles. The largest absolute Gasteiger partial charge is 0.325 e. The number of nitrogens with one attached hydrogen (secondary N) is 1. The number of pyridine rings is 1. The second kappa shape index (κ2) is 13.0. The molecule has 40 heavy (non-hydrogen) atoms. The Labute approximate surface area is 238 Å². The molecular weight excluding hydrogens is 525 g/mol. The van der Waals surface area contributed by atoms with Gasteiger partial charge in [0.15, 0.2) is 0 Å².